The molecule has 4 rings (SSSR count). The summed E-state index contributed by atoms with van der Waals surface area (Å²) < 4.78 is 10.8. The van der Waals surface area contributed by atoms with Gasteiger partial charge in [0.25, 0.3) is 0 Å². The summed E-state index contributed by atoms with van der Waals surface area (Å²) in [5.41, 5.74) is 3.42. The number of nitrogens with zero attached hydrogens (tertiary/aromatic N) is 1. The van der Waals surface area contributed by atoms with Gasteiger partial charge in [-0.1, -0.05) is 20.3 Å². The van der Waals surface area contributed by atoms with Crippen LogP contribution in [0.4, 0.5) is 5.69 Å². The number of H-pyrrole nitrogens is 1. The lowest BCUT2D eigenvalue weighted by molar-refractivity contribution is -0.122. The van der Waals surface area contributed by atoms with E-state index in [-0.39, 0.29) is 18.6 Å². The van der Waals surface area contributed by atoms with E-state index in [9.17, 15) is 4.79 Å². The highest BCUT2D eigenvalue weighted by atomic mass is 16.7. The van der Waals surface area contributed by atoms with Gasteiger partial charge in [-0.25, -0.2) is 0 Å². The van der Waals surface area contributed by atoms with Crippen molar-refractivity contribution in [2.45, 2.75) is 39.5 Å². The highest BCUT2D eigenvalue weighted by Crippen LogP contribution is 2.39. The number of aromatic nitrogens is 2. The summed E-state index contributed by atoms with van der Waals surface area (Å²) >= 11 is 0. The van der Waals surface area contributed by atoms with Gasteiger partial charge in [-0.05, 0) is 43.4 Å². The summed E-state index contributed by atoms with van der Waals surface area (Å²) in [6.07, 6.45) is 3.92. The Bertz CT molecular complexity index is 793. The third kappa shape index (κ3) is 3.08. The topological polar surface area (TPSA) is 76.2 Å². The number of aromatic amines is 1. The lowest BCUT2D eigenvalue weighted by Crippen LogP contribution is -2.28. The third-order valence-corrected chi connectivity index (χ3v) is 4.82. The summed E-state index contributed by atoms with van der Waals surface area (Å²) in [5.74, 6) is 2.14. The SMILES string of the molecule is CC(C)Cc1[nH]nc(-c2ccc3c(c2)OCO3)c1NC(=O)C1CCC1. The number of carbonyl (C=O) groups excluding carboxylic acids is 1. The summed E-state index contributed by atoms with van der Waals surface area (Å²) in [6.45, 7) is 4.54. The molecule has 1 aromatic heterocycles. The van der Waals surface area contributed by atoms with E-state index in [1.807, 2.05) is 18.2 Å². The lowest BCUT2D eigenvalue weighted by atomic mass is 9.84. The van der Waals surface area contributed by atoms with Crippen LogP contribution in [0.2, 0.25) is 0 Å². The lowest BCUT2D eigenvalue weighted by Gasteiger charge is -2.24. The molecule has 0 saturated heterocycles. The number of rotatable bonds is 5. The second-order valence-corrected chi connectivity index (χ2v) is 7.21. The highest BCUT2D eigenvalue weighted by Gasteiger charge is 2.28. The maximum Gasteiger partial charge on any atom is 0.231 e. The van der Waals surface area contributed by atoms with Crippen LogP contribution in [0.25, 0.3) is 11.3 Å². The van der Waals surface area contributed by atoms with E-state index in [4.69, 9.17) is 9.47 Å². The fourth-order valence-corrected chi connectivity index (χ4v) is 3.22. The second kappa shape index (κ2) is 6.43. The van der Waals surface area contributed by atoms with Gasteiger partial charge in [-0.3, -0.25) is 9.89 Å². The molecule has 1 aromatic carbocycles. The Hall–Kier alpha value is -2.50. The van der Waals surface area contributed by atoms with Crippen molar-refractivity contribution in [2.24, 2.45) is 11.8 Å². The number of fused-ring (bicyclic) bond motifs is 1. The molecule has 0 unspecified atom stereocenters. The molecule has 1 saturated carbocycles. The molecule has 6 nitrogen and oxygen atoms in total. The quantitative estimate of drug-likeness (QED) is 0.868. The minimum Gasteiger partial charge on any atom is -0.454 e. The van der Waals surface area contributed by atoms with Crippen LogP contribution >= 0.6 is 0 Å². The van der Waals surface area contributed by atoms with Crippen LogP contribution < -0.4 is 14.8 Å². The molecule has 132 valence electrons. The minimum absolute atomic E-state index is 0.0969. The van der Waals surface area contributed by atoms with Crippen molar-refractivity contribution in [1.82, 2.24) is 10.2 Å². The van der Waals surface area contributed by atoms with Gasteiger partial charge in [0.1, 0.15) is 5.69 Å². The summed E-state index contributed by atoms with van der Waals surface area (Å²) in [6, 6.07) is 5.74. The van der Waals surface area contributed by atoms with Crippen LogP contribution in [0.3, 0.4) is 0 Å². The number of hydrogen-bond donors (Lipinski definition) is 2. The predicted octanol–water partition coefficient (Wildman–Crippen LogP) is 3.74. The maximum absolute atomic E-state index is 12.5. The van der Waals surface area contributed by atoms with Crippen LogP contribution in [0, 0.1) is 11.8 Å². The van der Waals surface area contributed by atoms with Crippen molar-refractivity contribution in [1.29, 1.82) is 0 Å². The van der Waals surface area contributed by atoms with E-state index >= 15 is 0 Å². The van der Waals surface area contributed by atoms with E-state index in [1.54, 1.807) is 0 Å². The van der Waals surface area contributed by atoms with E-state index < -0.39 is 0 Å². The first-order valence-electron chi connectivity index (χ1n) is 8.90. The number of ether oxygens (including phenoxy) is 2. The van der Waals surface area contributed by atoms with E-state index in [0.717, 1.165) is 54.1 Å². The normalized spacial score (nSPS) is 16.1. The van der Waals surface area contributed by atoms with E-state index in [1.165, 1.54) is 0 Å². The molecule has 6 heteroatoms. The molecule has 2 aliphatic rings. The number of hydrogen-bond acceptors (Lipinski definition) is 4. The Labute approximate surface area is 146 Å². The van der Waals surface area contributed by atoms with Crippen molar-refractivity contribution in [2.75, 3.05) is 12.1 Å². The first-order chi connectivity index (χ1) is 12.1. The number of carbonyl (C=O) groups is 1. The molecule has 0 bridgehead atoms. The Kier molecular flexibility index (Phi) is 4.11. The van der Waals surface area contributed by atoms with Crippen molar-refractivity contribution in [3.05, 3.63) is 23.9 Å². The second-order valence-electron chi connectivity index (χ2n) is 7.21. The van der Waals surface area contributed by atoms with E-state index in [0.29, 0.717) is 11.7 Å². The van der Waals surface area contributed by atoms with Gasteiger partial charge in [0, 0.05) is 11.5 Å². The Morgan fingerprint density at radius 1 is 1.32 bits per heavy atom. The highest BCUT2D eigenvalue weighted by molar-refractivity contribution is 5.97. The Morgan fingerprint density at radius 2 is 2.12 bits per heavy atom. The molecular formula is C19H23N3O3. The zero-order valence-corrected chi connectivity index (χ0v) is 14.6. The molecule has 1 fully saturated rings. The standard InChI is InChI=1S/C19H23N3O3/c1-11(2)8-14-18(20-19(23)12-4-3-5-12)17(22-21-14)13-6-7-15-16(9-13)25-10-24-15/h6-7,9,11-12H,3-5,8,10H2,1-2H3,(H,20,23)(H,21,22). The molecule has 1 amide bonds. The first-order valence-corrected chi connectivity index (χ1v) is 8.90. The molecule has 0 atom stereocenters. The summed E-state index contributed by atoms with van der Waals surface area (Å²) in [4.78, 5) is 12.5. The minimum atomic E-state index is 0.0969. The zero-order chi connectivity index (χ0) is 17.4. The van der Waals surface area contributed by atoms with Gasteiger partial charge in [0.15, 0.2) is 11.5 Å². The average Bonchev–Trinajstić information content (AvgIpc) is 3.12. The van der Waals surface area contributed by atoms with Crippen LogP contribution in [0.15, 0.2) is 18.2 Å². The van der Waals surface area contributed by atoms with Crippen molar-refractivity contribution in [3.63, 3.8) is 0 Å². The zero-order valence-electron chi connectivity index (χ0n) is 14.6. The average molecular weight is 341 g/mol. The van der Waals surface area contributed by atoms with Gasteiger partial charge in [0.2, 0.25) is 12.7 Å². The molecule has 0 radical (unpaired) electrons. The molecule has 0 spiro atoms. The molecule has 1 aliphatic carbocycles. The number of benzene rings is 1. The van der Waals surface area contributed by atoms with Crippen molar-refractivity contribution < 1.29 is 14.3 Å². The first kappa shape index (κ1) is 16.0. The molecule has 2 heterocycles. The smallest absolute Gasteiger partial charge is 0.231 e. The molecular weight excluding hydrogens is 318 g/mol. The van der Waals surface area contributed by atoms with Crippen LogP contribution in [0.5, 0.6) is 11.5 Å². The third-order valence-electron chi connectivity index (χ3n) is 4.82. The van der Waals surface area contributed by atoms with Crippen molar-refractivity contribution in [3.8, 4) is 22.8 Å². The fraction of sp³-hybridized carbons (Fsp3) is 0.474. The largest absolute Gasteiger partial charge is 0.454 e. The van der Waals surface area contributed by atoms with Gasteiger partial charge in [-0.2, -0.15) is 5.10 Å². The fourth-order valence-electron chi connectivity index (χ4n) is 3.22. The van der Waals surface area contributed by atoms with Gasteiger partial charge < -0.3 is 14.8 Å². The summed E-state index contributed by atoms with van der Waals surface area (Å²) in [5, 5.41) is 10.7. The molecule has 25 heavy (non-hydrogen) atoms. The number of nitrogens with one attached hydrogen (secondary N) is 2. The van der Waals surface area contributed by atoms with Crippen molar-refractivity contribution >= 4 is 11.6 Å². The molecule has 2 aromatic rings. The number of anilines is 1. The molecule has 2 N–H and O–H groups in total. The van der Waals surface area contributed by atoms with E-state index in [2.05, 4.69) is 29.4 Å². The van der Waals surface area contributed by atoms with Crippen LogP contribution in [-0.2, 0) is 11.2 Å². The molecule has 1 aliphatic heterocycles. The van der Waals surface area contributed by atoms with Crippen LogP contribution in [0.1, 0.15) is 38.8 Å². The maximum atomic E-state index is 12.5. The number of amides is 1. The van der Waals surface area contributed by atoms with Gasteiger partial charge in [-0.15, -0.1) is 0 Å². The van der Waals surface area contributed by atoms with Gasteiger partial charge >= 0.3 is 0 Å². The van der Waals surface area contributed by atoms with Crippen LogP contribution in [-0.4, -0.2) is 22.9 Å². The van der Waals surface area contributed by atoms with Gasteiger partial charge in [0.05, 0.1) is 11.4 Å². The summed E-state index contributed by atoms with van der Waals surface area (Å²) in [7, 11) is 0. The predicted molar refractivity (Wildman–Crippen MR) is 94.7 cm³/mol. The Morgan fingerprint density at radius 3 is 2.84 bits per heavy atom. The monoisotopic (exact) mass is 341 g/mol. The Balaban J connectivity index is 1.68.